The van der Waals surface area contributed by atoms with E-state index in [-0.39, 0.29) is 5.91 Å². The Labute approximate surface area is 112 Å². The highest BCUT2D eigenvalue weighted by Gasteiger charge is 2.13. The first-order valence-electron chi connectivity index (χ1n) is 6.13. The van der Waals surface area contributed by atoms with E-state index in [9.17, 15) is 4.79 Å². The third kappa shape index (κ3) is 4.72. The van der Waals surface area contributed by atoms with Gasteiger partial charge in [-0.3, -0.25) is 4.79 Å². The molecule has 0 aliphatic heterocycles. The summed E-state index contributed by atoms with van der Waals surface area (Å²) >= 11 is 1.48. The van der Waals surface area contributed by atoms with Gasteiger partial charge in [0.05, 0.1) is 17.3 Å². The smallest absolute Gasteiger partial charge is 0.263 e. The predicted molar refractivity (Wildman–Crippen MR) is 73.3 cm³/mol. The first-order chi connectivity index (χ1) is 8.69. The van der Waals surface area contributed by atoms with E-state index < -0.39 is 0 Å². The van der Waals surface area contributed by atoms with Crippen molar-refractivity contribution < 1.29 is 9.53 Å². The lowest BCUT2D eigenvalue weighted by molar-refractivity contribution is 0.0957. The lowest BCUT2D eigenvalue weighted by Crippen LogP contribution is -2.33. The Balaban J connectivity index is 2.29. The van der Waals surface area contributed by atoms with Crippen LogP contribution in [0.3, 0.4) is 0 Å². The average molecular weight is 271 g/mol. The largest absolute Gasteiger partial charge is 0.383 e. The van der Waals surface area contributed by atoms with Gasteiger partial charge in [-0.2, -0.15) is 0 Å². The molecule has 5 nitrogen and oxygen atoms in total. The van der Waals surface area contributed by atoms with Crippen molar-refractivity contribution in [1.82, 2.24) is 15.6 Å². The summed E-state index contributed by atoms with van der Waals surface area (Å²) in [6, 6.07) is 0. The highest BCUT2D eigenvalue weighted by atomic mass is 32.1. The summed E-state index contributed by atoms with van der Waals surface area (Å²) in [5.74, 6) is -0.0294. The molecule has 0 unspecified atom stereocenters. The number of aryl methyl sites for hydroxylation is 2. The van der Waals surface area contributed by atoms with Gasteiger partial charge in [0, 0.05) is 26.7 Å². The van der Waals surface area contributed by atoms with E-state index in [1.54, 1.807) is 7.11 Å². The van der Waals surface area contributed by atoms with Gasteiger partial charge in [0.1, 0.15) is 4.88 Å². The molecule has 6 heteroatoms. The van der Waals surface area contributed by atoms with E-state index in [2.05, 4.69) is 15.6 Å². The Morgan fingerprint density at radius 1 is 1.39 bits per heavy atom. The van der Waals surface area contributed by atoms with Crippen LogP contribution in [-0.4, -0.2) is 44.2 Å². The van der Waals surface area contributed by atoms with Crippen LogP contribution in [0.4, 0.5) is 0 Å². The van der Waals surface area contributed by atoms with E-state index in [1.807, 2.05) is 13.8 Å². The summed E-state index contributed by atoms with van der Waals surface area (Å²) in [4.78, 5) is 17.0. The van der Waals surface area contributed by atoms with Gasteiger partial charge in [-0.05, 0) is 13.3 Å². The van der Waals surface area contributed by atoms with Gasteiger partial charge < -0.3 is 15.4 Å². The number of carbonyl (C=O) groups is 1. The van der Waals surface area contributed by atoms with E-state index >= 15 is 0 Å². The van der Waals surface area contributed by atoms with E-state index in [1.165, 1.54) is 11.3 Å². The molecular weight excluding hydrogens is 250 g/mol. The van der Waals surface area contributed by atoms with Gasteiger partial charge in [0.15, 0.2) is 0 Å². The molecule has 1 aromatic heterocycles. The second-order valence-corrected chi connectivity index (χ2v) is 4.96. The van der Waals surface area contributed by atoms with Gasteiger partial charge >= 0.3 is 0 Å². The molecule has 0 bridgehead atoms. The lowest BCUT2D eigenvalue weighted by atomic mass is 10.3. The van der Waals surface area contributed by atoms with Crippen LogP contribution in [0.2, 0.25) is 0 Å². The molecule has 0 fully saturated rings. The monoisotopic (exact) mass is 271 g/mol. The van der Waals surface area contributed by atoms with Gasteiger partial charge in [0.2, 0.25) is 0 Å². The Morgan fingerprint density at radius 2 is 2.17 bits per heavy atom. The molecule has 0 atom stereocenters. The first kappa shape index (κ1) is 15.1. The normalized spacial score (nSPS) is 10.6. The second kappa shape index (κ2) is 8.18. The van der Waals surface area contributed by atoms with Crippen LogP contribution in [-0.2, 0) is 11.2 Å². The van der Waals surface area contributed by atoms with Crippen LogP contribution in [0.15, 0.2) is 0 Å². The quantitative estimate of drug-likeness (QED) is 0.692. The number of hydrogen-bond donors (Lipinski definition) is 2. The fraction of sp³-hybridized carbons (Fsp3) is 0.667. The minimum Gasteiger partial charge on any atom is -0.383 e. The number of methoxy groups -OCH3 is 1. The Morgan fingerprint density at radius 3 is 2.78 bits per heavy atom. The summed E-state index contributed by atoms with van der Waals surface area (Å²) in [5.41, 5.74) is 0.821. The van der Waals surface area contributed by atoms with Crippen molar-refractivity contribution in [2.24, 2.45) is 0 Å². The maximum Gasteiger partial charge on any atom is 0.263 e. The van der Waals surface area contributed by atoms with Gasteiger partial charge in [0.25, 0.3) is 5.91 Å². The number of ether oxygens (including phenoxy) is 1. The van der Waals surface area contributed by atoms with E-state index in [0.717, 1.165) is 35.1 Å². The molecule has 1 aromatic rings. The minimum absolute atomic E-state index is 0.0294. The van der Waals surface area contributed by atoms with Crippen molar-refractivity contribution in [2.45, 2.75) is 20.3 Å². The minimum atomic E-state index is -0.0294. The standard InChI is InChI=1S/C12H21N3O2S/c1-4-10-15-9(2)11(18-10)12(16)14-6-5-13-7-8-17-3/h13H,4-8H2,1-3H3,(H,14,16). The molecule has 18 heavy (non-hydrogen) atoms. The zero-order valence-corrected chi connectivity index (χ0v) is 12.0. The molecule has 0 saturated carbocycles. The highest BCUT2D eigenvalue weighted by Crippen LogP contribution is 2.17. The van der Waals surface area contributed by atoms with Crippen molar-refractivity contribution >= 4 is 17.2 Å². The predicted octanol–water partition coefficient (Wildman–Crippen LogP) is 0.980. The summed E-state index contributed by atoms with van der Waals surface area (Å²) in [5, 5.41) is 7.06. The van der Waals surface area contributed by atoms with Crippen molar-refractivity contribution in [1.29, 1.82) is 0 Å². The third-order valence-electron chi connectivity index (χ3n) is 2.42. The third-order valence-corrected chi connectivity index (χ3v) is 3.72. The zero-order valence-electron chi connectivity index (χ0n) is 11.2. The van der Waals surface area contributed by atoms with Gasteiger partial charge in [-0.25, -0.2) is 4.98 Å². The first-order valence-corrected chi connectivity index (χ1v) is 6.94. The number of nitrogens with zero attached hydrogens (tertiary/aromatic N) is 1. The maximum atomic E-state index is 11.9. The average Bonchev–Trinajstić information content (AvgIpc) is 2.75. The summed E-state index contributed by atoms with van der Waals surface area (Å²) < 4.78 is 4.91. The summed E-state index contributed by atoms with van der Waals surface area (Å²) in [7, 11) is 1.67. The van der Waals surface area contributed by atoms with Gasteiger partial charge in [-0.1, -0.05) is 6.92 Å². The molecule has 0 radical (unpaired) electrons. The molecule has 0 aliphatic carbocycles. The number of aromatic nitrogens is 1. The lowest BCUT2D eigenvalue weighted by Gasteiger charge is -2.05. The Bertz CT molecular complexity index is 379. The number of thiazole rings is 1. The fourth-order valence-corrected chi connectivity index (χ4v) is 2.38. The van der Waals surface area contributed by atoms with Crippen LogP contribution in [0.5, 0.6) is 0 Å². The van der Waals surface area contributed by atoms with Crippen LogP contribution in [0.1, 0.15) is 27.3 Å². The molecule has 0 saturated heterocycles. The van der Waals surface area contributed by atoms with E-state index in [0.29, 0.717) is 13.2 Å². The van der Waals surface area contributed by atoms with Gasteiger partial charge in [-0.15, -0.1) is 11.3 Å². The van der Waals surface area contributed by atoms with Crippen LogP contribution < -0.4 is 10.6 Å². The van der Waals surface area contributed by atoms with Crippen LogP contribution in [0, 0.1) is 6.92 Å². The zero-order chi connectivity index (χ0) is 13.4. The number of rotatable bonds is 8. The molecule has 1 rings (SSSR count). The van der Waals surface area contributed by atoms with Crippen LogP contribution >= 0.6 is 11.3 Å². The van der Waals surface area contributed by atoms with Crippen LogP contribution in [0.25, 0.3) is 0 Å². The highest BCUT2D eigenvalue weighted by molar-refractivity contribution is 7.13. The number of hydrogen-bond acceptors (Lipinski definition) is 5. The molecule has 0 spiro atoms. The fourth-order valence-electron chi connectivity index (χ4n) is 1.46. The van der Waals surface area contributed by atoms with Crippen molar-refractivity contribution in [3.05, 3.63) is 15.6 Å². The molecule has 102 valence electrons. The van der Waals surface area contributed by atoms with Crippen molar-refractivity contribution in [3.8, 4) is 0 Å². The molecule has 2 N–H and O–H groups in total. The van der Waals surface area contributed by atoms with Crippen molar-refractivity contribution in [2.75, 3.05) is 33.4 Å². The molecule has 0 aromatic carbocycles. The number of nitrogens with one attached hydrogen (secondary N) is 2. The molecular formula is C12H21N3O2S. The molecule has 1 heterocycles. The van der Waals surface area contributed by atoms with E-state index in [4.69, 9.17) is 4.74 Å². The second-order valence-electron chi connectivity index (χ2n) is 3.87. The summed E-state index contributed by atoms with van der Waals surface area (Å²) in [6.45, 7) is 6.75. The Kier molecular flexibility index (Phi) is 6.85. The number of carbonyl (C=O) groups excluding carboxylic acids is 1. The maximum absolute atomic E-state index is 11.9. The SMILES string of the molecule is CCc1nc(C)c(C(=O)NCCNCCOC)s1. The topological polar surface area (TPSA) is 63.2 Å². The molecule has 1 amide bonds. The summed E-state index contributed by atoms with van der Waals surface area (Å²) in [6.07, 6.45) is 0.872. The number of amides is 1. The van der Waals surface area contributed by atoms with Crippen molar-refractivity contribution in [3.63, 3.8) is 0 Å². The molecule has 0 aliphatic rings. The Hall–Kier alpha value is -0.980.